The van der Waals surface area contributed by atoms with E-state index in [1.165, 1.54) is 19.3 Å². The Bertz CT molecular complexity index is 419. The van der Waals surface area contributed by atoms with Gasteiger partial charge in [-0.3, -0.25) is 10.1 Å². The number of hydrogen-bond donors (Lipinski definition) is 1. The first kappa shape index (κ1) is 15.0. The molecule has 0 radical (unpaired) electrons. The summed E-state index contributed by atoms with van der Waals surface area (Å²) in [4.78, 5) is 11.3. The van der Waals surface area contributed by atoms with E-state index < -0.39 is 0 Å². The molecule has 0 N–H and O–H groups in total. The molecule has 0 spiro atoms. The van der Waals surface area contributed by atoms with E-state index in [0.717, 1.165) is 24.0 Å². The number of nitrogens with zero attached hydrogens (tertiary/aromatic N) is 1. The van der Waals surface area contributed by atoms with Crippen LogP contribution in [-0.4, -0.2) is 4.92 Å². The molecule has 1 rings (SSSR count). The monoisotopic (exact) mass is 267 g/mol. The normalized spacial score (nSPS) is 10.6. The third-order valence-electron chi connectivity index (χ3n) is 3.18. The van der Waals surface area contributed by atoms with Crippen molar-refractivity contribution in [2.45, 2.75) is 57.3 Å². The maximum atomic E-state index is 11.1. The average Bonchev–Trinajstić information content (AvgIpc) is 2.35. The molecular formula is C14H21NO2S. The van der Waals surface area contributed by atoms with Gasteiger partial charge in [0.1, 0.15) is 0 Å². The molecule has 0 saturated heterocycles. The summed E-state index contributed by atoms with van der Waals surface area (Å²) in [5, 5.41) is 11.1. The number of aryl methyl sites for hydroxylation is 2. The van der Waals surface area contributed by atoms with Crippen LogP contribution in [0.5, 0.6) is 0 Å². The van der Waals surface area contributed by atoms with Gasteiger partial charge in [0, 0.05) is 5.56 Å². The van der Waals surface area contributed by atoms with E-state index in [2.05, 4.69) is 19.6 Å². The van der Waals surface area contributed by atoms with Gasteiger partial charge >= 0.3 is 0 Å². The summed E-state index contributed by atoms with van der Waals surface area (Å²) >= 11 is 4.36. The molecule has 4 heteroatoms. The van der Waals surface area contributed by atoms with Crippen LogP contribution < -0.4 is 0 Å². The summed E-state index contributed by atoms with van der Waals surface area (Å²) in [6, 6.07) is 3.85. The molecule has 0 fully saturated rings. The molecule has 1 aromatic rings. The fourth-order valence-electron chi connectivity index (χ4n) is 2.10. The van der Waals surface area contributed by atoms with Crippen LogP contribution in [0, 0.1) is 10.1 Å². The summed E-state index contributed by atoms with van der Waals surface area (Å²) in [7, 11) is 0. The van der Waals surface area contributed by atoms with Gasteiger partial charge in [0.05, 0.1) is 9.82 Å². The van der Waals surface area contributed by atoms with Crippen molar-refractivity contribution in [3.8, 4) is 0 Å². The molecule has 3 nitrogen and oxygen atoms in total. The van der Waals surface area contributed by atoms with Crippen LogP contribution in [0.4, 0.5) is 5.69 Å². The smallest absolute Gasteiger partial charge is 0.258 e. The second-order valence-corrected chi connectivity index (χ2v) is 4.95. The van der Waals surface area contributed by atoms with Crippen molar-refractivity contribution < 1.29 is 4.92 Å². The van der Waals surface area contributed by atoms with Crippen LogP contribution in [0.2, 0.25) is 0 Å². The molecule has 0 aliphatic rings. The average molecular weight is 267 g/mol. The number of unbranched alkanes of at least 4 members (excludes halogenated alkanes) is 3. The van der Waals surface area contributed by atoms with Crippen molar-refractivity contribution >= 4 is 18.3 Å². The number of benzene rings is 1. The first-order valence-corrected chi connectivity index (χ1v) is 7.04. The van der Waals surface area contributed by atoms with E-state index in [1.807, 2.05) is 19.1 Å². The minimum absolute atomic E-state index is 0.189. The number of nitro groups is 1. The van der Waals surface area contributed by atoms with E-state index in [0.29, 0.717) is 11.3 Å². The lowest BCUT2D eigenvalue weighted by Crippen LogP contribution is -1.99. The van der Waals surface area contributed by atoms with Gasteiger partial charge < -0.3 is 0 Å². The molecule has 0 amide bonds. The van der Waals surface area contributed by atoms with Crippen molar-refractivity contribution in [1.82, 2.24) is 0 Å². The molecule has 0 aliphatic carbocycles. The van der Waals surface area contributed by atoms with Gasteiger partial charge in [0.2, 0.25) is 0 Å². The number of rotatable bonds is 7. The van der Waals surface area contributed by atoms with Crippen molar-refractivity contribution in [3.05, 3.63) is 33.4 Å². The Labute approximate surface area is 114 Å². The van der Waals surface area contributed by atoms with Crippen molar-refractivity contribution in [1.29, 1.82) is 0 Å². The lowest BCUT2D eigenvalue weighted by molar-refractivity contribution is -0.388. The molecule has 0 unspecified atom stereocenters. The molecule has 1 aromatic carbocycles. The minimum Gasteiger partial charge on any atom is -0.258 e. The van der Waals surface area contributed by atoms with Crippen LogP contribution in [0.1, 0.15) is 50.7 Å². The molecule has 0 aromatic heterocycles. The summed E-state index contributed by atoms with van der Waals surface area (Å²) in [6.45, 7) is 4.10. The highest BCUT2D eigenvalue weighted by molar-refractivity contribution is 7.80. The zero-order chi connectivity index (χ0) is 13.5. The lowest BCUT2D eigenvalue weighted by Gasteiger charge is -2.08. The van der Waals surface area contributed by atoms with Crippen LogP contribution >= 0.6 is 12.6 Å². The SMILES string of the molecule is CCCCCCc1ccc(CC)c([N+](=O)[O-])c1S. The Morgan fingerprint density at radius 2 is 1.83 bits per heavy atom. The van der Waals surface area contributed by atoms with E-state index in [-0.39, 0.29) is 10.6 Å². The van der Waals surface area contributed by atoms with Gasteiger partial charge in [0.25, 0.3) is 5.69 Å². The van der Waals surface area contributed by atoms with E-state index >= 15 is 0 Å². The van der Waals surface area contributed by atoms with Crippen molar-refractivity contribution in [2.75, 3.05) is 0 Å². The van der Waals surface area contributed by atoms with Crippen LogP contribution in [0.25, 0.3) is 0 Å². The Morgan fingerprint density at radius 3 is 2.39 bits per heavy atom. The lowest BCUT2D eigenvalue weighted by atomic mass is 10.0. The quantitative estimate of drug-likeness (QED) is 0.340. The Balaban J connectivity index is 2.87. The highest BCUT2D eigenvalue weighted by Gasteiger charge is 2.19. The van der Waals surface area contributed by atoms with Gasteiger partial charge in [0.15, 0.2) is 0 Å². The van der Waals surface area contributed by atoms with E-state index in [4.69, 9.17) is 0 Å². The van der Waals surface area contributed by atoms with Gasteiger partial charge in [-0.2, -0.15) is 0 Å². The van der Waals surface area contributed by atoms with Crippen molar-refractivity contribution in [2.24, 2.45) is 0 Å². The standard InChI is InChI=1S/C14H21NO2S/c1-3-5-6-7-8-12-10-9-11(4-2)13(14(12)18)15(16)17/h9-10,18H,3-8H2,1-2H3. The third kappa shape index (κ3) is 3.73. The fraction of sp³-hybridized carbons (Fsp3) is 0.571. The van der Waals surface area contributed by atoms with E-state index in [1.54, 1.807) is 0 Å². The maximum Gasteiger partial charge on any atom is 0.286 e. The Morgan fingerprint density at radius 1 is 1.17 bits per heavy atom. The summed E-state index contributed by atoms with van der Waals surface area (Å²) in [5.74, 6) is 0. The number of hydrogen-bond acceptors (Lipinski definition) is 3. The minimum atomic E-state index is -0.309. The van der Waals surface area contributed by atoms with Gasteiger partial charge in [-0.05, 0) is 24.8 Å². The number of thiol groups is 1. The fourth-order valence-corrected chi connectivity index (χ4v) is 2.51. The third-order valence-corrected chi connectivity index (χ3v) is 3.68. The molecular weight excluding hydrogens is 246 g/mol. The molecule has 0 heterocycles. The zero-order valence-corrected chi connectivity index (χ0v) is 12.0. The van der Waals surface area contributed by atoms with Crippen molar-refractivity contribution in [3.63, 3.8) is 0 Å². The molecule has 0 aliphatic heterocycles. The van der Waals surface area contributed by atoms with Crippen LogP contribution in [0.15, 0.2) is 17.0 Å². The Kier molecular flexibility index (Phi) is 6.19. The first-order valence-electron chi connectivity index (χ1n) is 6.59. The van der Waals surface area contributed by atoms with Gasteiger partial charge in [-0.15, -0.1) is 12.6 Å². The van der Waals surface area contributed by atoms with Crippen LogP contribution in [-0.2, 0) is 12.8 Å². The largest absolute Gasteiger partial charge is 0.286 e. The highest BCUT2D eigenvalue weighted by Crippen LogP contribution is 2.31. The predicted molar refractivity (Wildman–Crippen MR) is 77.6 cm³/mol. The first-order chi connectivity index (χ1) is 8.61. The second kappa shape index (κ2) is 7.41. The Hall–Kier alpha value is -1.03. The van der Waals surface area contributed by atoms with Crippen LogP contribution in [0.3, 0.4) is 0 Å². The second-order valence-electron chi connectivity index (χ2n) is 4.50. The number of nitro benzene ring substituents is 1. The molecule has 18 heavy (non-hydrogen) atoms. The molecule has 0 saturated carbocycles. The predicted octanol–water partition coefficient (Wildman–Crippen LogP) is 4.57. The maximum absolute atomic E-state index is 11.1. The zero-order valence-electron chi connectivity index (χ0n) is 11.1. The summed E-state index contributed by atoms with van der Waals surface area (Å²) in [5.41, 5.74) is 1.95. The molecule has 0 bridgehead atoms. The molecule has 0 atom stereocenters. The highest BCUT2D eigenvalue weighted by atomic mass is 32.1. The van der Waals surface area contributed by atoms with E-state index in [9.17, 15) is 10.1 Å². The van der Waals surface area contributed by atoms with Gasteiger partial charge in [-0.1, -0.05) is 45.2 Å². The molecule has 100 valence electrons. The van der Waals surface area contributed by atoms with Gasteiger partial charge in [-0.25, -0.2) is 0 Å². The topological polar surface area (TPSA) is 43.1 Å². The summed E-state index contributed by atoms with van der Waals surface area (Å²) < 4.78 is 0. The summed E-state index contributed by atoms with van der Waals surface area (Å²) in [6.07, 6.45) is 6.21.